The van der Waals surface area contributed by atoms with Gasteiger partial charge in [-0.1, -0.05) is 0 Å². The predicted molar refractivity (Wildman–Crippen MR) is 53.2 cm³/mol. The first kappa shape index (κ1) is 11.0. The molecular weight excluding hydrogens is 182 g/mol. The third kappa shape index (κ3) is 2.05. The second-order valence-corrected chi connectivity index (χ2v) is 4.82. The first-order valence-electron chi connectivity index (χ1n) is 4.79. The Kier molecular flexibility index (Phi) is 2.56. The second kappa shape index (κ2) is 3.26. The third-order valence-electron chi connectivity index (χ3n) is 2.25. The highest BCUT2D eigenvalue weighted by Crippen LogP contribution is 2.25. The van der Waals surface area contributed by atoms with Gasteiger partial charge in [0, 0.05) is 19.8 Å². The molecule has 0 spiro atoms. The lowest BCUT2D eigenvalue weighted by molar-refractivity contribution is -0.518. The van der Waals surface area contributed by atoms with E-state index < -0.39 is 17.1 Å². The van der Waals surface area contributed by atoms with Crippen LogP contribution in [0.2, 0.25) is 0 Å². The zero-order chi connectivity index (χ0) is 11.0. The Morgan fingerprint density at radius 3 is 2.50 bits per heavy atom. The van der Waals surface area contributed by atoms with Crippen molar-refractivity contribution >= 4 is 12.2 Å². The van der Waals surface area contributed by atoms with Crippen molar-refractivity contribution < 1.29 is 14.3 Å². The standard InChI is InChI=1S/C10H17NO3/c1-9(2,3)14-8(12)10(4)6-5-7-11(10)13/h7H,5-6H2,1-4H3. The smallest absolute Gasteiger partial charge is 0.380 e. The average Bonchev–Trinajstić information content (AvgIpc) is 2.30. The maximum Gasteiger partial charge on any atom is 0.380 e. The average molecular weight is 199 g/mol. The zero-order valence-electron chi connectivity index (χ0n) is 9.16. The van der Waals surface area contributed by atoms with Crippen molar-refractivity contribution in [3.05, 3.63) is 5.21 Å². The van der Waals surface area contributed by atoms with Gasteiger partial charge in [0.15, 0.2) is 6.21 Å². The molecule has 1 rings (SSSR count). The van der Waals surface area contributed by atoms with Crippen LogP contribution in [0, 0.1) is 5.21 Å². The molecule has 0 saturated heterocycles. The molecule has 14 heavy (non-hydrogen) atoms. The Bertz CT molecular complexity index is 278. The highest BCUT2D eigenvalue weighted by atomic mass is 16.6. The van der Waals surface area contributed by atoms with Crippen molar-refractivity contribution in [1.82, 2.24) is 0 Å². The highest BCUT2D eigenvalue weighted by Gasteiger charge is 2.47. The fraction of sp³-hybridized carbons (Fsp3) is 0.800. The molecule has 1 aliphatic heterocycles. The summed E-state index contributed by atoms with van der Waals surface area (Å²) in [5.41, 5.74) is -1.56. The lowest BCUT2D eigenvalue weighted by atomic mass is 9.99. The molecule has 80 valence electrons. The topological polar surface area (TPSA) is 52.4 Å². The first-order chi connectivity index (χ1) is 6.26. The molecular formula is C10H17NO3. The number of ether oxygens (including phenoxy) is 1. The summed E-state index contributed by atoms with van der Waals surface area (Å²) in [5, 5.41) is 11.4. The molecule has 0 aromatic heterocycles. The minimum Gasteiger partial charge on any atom is -0.623 e. The van der Waals surface area contributed by atoms with Gasteiger partial charge in [0.1, 0.15) is 5.60 Å². The van der Waals surface area contributed by atoms with Crippen LogP contribution < -0.4 is 0 Å². The van der Waals surface area contributed by atoms with E-state index in [9.17, 15) is 10.0 Å². The van der Waals surface area contributed by atoms with Crippen molar-refractivity contribution in [3.63, 3.8) is 0 Å². The summed E-state index contributed by atoms with van der Waals surface area (Å²) in [6.45, 7) is 7.00. The number of hydroxylamine groups is 1. The fourth-order valence-electron chi connectivity index (χ4n) is 1.35. The van der Waals surface area contributed by atoms with Gasteiger partial charge in [-0.3, -0.25) is 0 Å². The maximum atomic E-state index is 11.7. The molecule has 1 atom stereocenters. The minimum absolute atomic E-state index is 0.436. The van der Waals surface area contributed by atoms with Gasteiger partial charge in [-0.2, -0.15) is 4.74 Å². The van der Waals surface area contributed by atoms with E-state index in [0.29, 0.717) is 17.6 Å². The van der Waals surface area contributed by atoms with Gasteiger partial charge in [-0.15, -0.1) is 0 Å². The van der Waals surface area contributed by atoms with E-state index in [4.69, 9.17) is 4.74 Å². The van der Waals surface area contributed by atoms with Crippen LogP contribution in [-0.2, 0) is 9.53 Å². The lowest BCUT2D eigenvalue weighted by Crippen LogP contribution is -2.45. The van der Waals surface area contributed by atoms with Crippen LogP contribution in [0.3, 0.4) is 0 Å². The van der Waals surface area contributed by atoms with Crippen LogP contribution >= 0.6 is 0 Å². The predicted octanol–water partition coefficient (Wildman–Crippen LogP) is 1.46. The molecule has 4 nitrogen and oxygen atoms in total. The Morgan fingerprint density at radius 2 is 2.14 bits per heavy atom. The van der Waals surface area contributed by atoms with Gasteiger partial charge in [0.2, 0.25) is 0 Å². The monoisotopic (exact) mass is 199 g/mol. The van der Waals surface area contributed by atoms with Gasteiger partial charge < -0.3 is 9.94 Å². The summed E-state index contributed by atoms with van der Waals surface area (Å²) in [6.07, 6.45) is 2.66. The van der Waals surface area contributed by atoms with E-state index in [1.807, 2.05) is 0 Å². The van der Waals surface area contributed by atoms with Gasteiger partial charge in [0.05, 0.1) is 0 Å². The number of nitrogens with zero attached hydrogens (tertiary/aromatic N) is 1. The van der Waals surface area contributed by atoms with Crippen molar-refractivity contribution in [1.29, 1.82) is 0 Å². The Morgan fingerprint density at radius 1 is 1.57 bits per heavy atom. The summed E-state index contributed by atoms with van der Waals surface area (Å²) in [4.78, 5) is 11.7. The zero-order valence-corrected chi connectivity index (χ0v) is 9.16. The van der Waals surface area contributed by atoms with E-state index in [0.717, 1.165) is 0 Å². The number of hydrogen-bond donors (Lipinski definition) is 0. The SMILES string of the molecule is CC(C)(C)OC(=O)C1(C)CCC=[N+]1[O-]. The molecule has 1 unspecified atom stereocenters. The molecule has 0 amide bonds. The molecule has 0 N–H and O–H groups in total. The summed E-state index contributed by atoms with van der Waals surface area (Å²) in [6, 6.07) is 0. The molecule has 0 radical (unpaired) electrons. The Balaban J connectivity index is 2.75. The van der Waals surface area contributed by atoms with Crippen molar-refractivity contribution in [2.24, 2.45) is 0 Å². The first-order valence-corrected chi connectivity index (χ1v) is 4.79. The maximum absolute atomic E-state index is 11.7. The minimum atomic E-state index is -1.02. The van der Waals surface area contributed by atoms with Crippen LogP contribution in [0.5, 0.6) is 0 Å². The van der Waals surface area contributed by atoms with E-state index in [1.165, 1.54) is 6.21 Å². The van der Waals surface area contributed by atoms with E-state index >= 15 is 0 Å². The number of rotatable bonds is 1. The van der Waals surface area contributed by atoms with E-state index in [2.05, 4.69) is 0 Å². The second-order valence-electron chi connectivity index (χ2n) is 4.82. The highest BCUT2D eigenvalue weighted by molar-refractivity contribution is 5.81. The van der Waals surface area contributed by atoms with Gasteiger partial charge in [0.25, 0.3) is 5.54 Å². The quantitative estimate of drug-likeness (QED) is 0.365. The summed E-state index contributed by atoms with van der Waals surface area (Å²) in [5.74, 6) is -0.436. The summed E-state index contributed by atoms with van der Waals surface area (Å²) >= 11 is 0. The number of carbonyl (C=O) groups excluding carboxylic acids is 1. The lowest BCUT2D eigenvalue weighted by Gasteiger charge is -2.26. The molecule has 0 saturated carbocycles. The van der Waals surface area contributed by atoms with Crippen molar-refractivity contribution in [3.8, 4) is 0 Å². The fourth-order valence-corrected chi connectivity index (χ4v) is 1.35. The van der Waals surface area contributed by atoms with Gasteiger partial charge in [-0.25, -0.2) is 4.79 Å². The van der Waals surface area contributed by atoms with Crippen molar-refractivity contribution in [2.75, 3.05) is 0 Å². The molecule has 0 aliphatic carbocycles. The largest absolute Gasteiger partial charge is 0.623 e. The van der Waals surface area contributed by atoms with Crippen molar-refractivity contribution in [2.45, 2.75) is 51.7 Å². The summed E-state index contributed by atoms with van der Waals surface area (Å²) in [7, 11) is 0. The molecule has 4 heteroatoms. The molecule has 0 bridgehead atoms. The van der Waals surface area contributed by atoms with Gasteiger partial charge >= 0.3 is 5.97 Å². The van der Waals surface area contributed by atoms with Crippen LogP contribution in [-0.4, -0.2) is 28.1 Å². The Labute approximate surface area is 84.1 Å². The van der Waals surface area contributed by atoms with E-state index in [1.54, 1.807) is 27.7 Å². The molecule has 1 aliphatic rings. The third-order valence-corrected chi connectivity index (χ3v) is 2.25. The molecule has 0 fully saturated rings. The number of hydrogen-bond acceptors (Lipinski definition) is 3. The molecule has 0 aromatic carbocycles. The van der Waals surface area contributed by atoms with Crippen LogP contribution in [0.15, 0.2) is 0 Å². The van der Waals surface area contributed by atoms with Crippen LogP contribution in [0.4, 0.5) is 0 Å². The normalized spacial score (nSPS) is 27.3. The Hall–Kier alpha value is -1.06. The van der Waals surface area contributed by atoms with Gasteiger partial charge in [-0.05, 0) is 20.8 Å². The van der Waals surface area contributed by atoms with Crippen LogP contribution in [0.25, 0.3) is 0 Å². The molecule has 0 aromatic rings. The van der Waals surface area contributed by atoms with E-state index in [-0.39, 0.29) is 0 Å². The van der Waals surface area contributed by atoms with Crippen LogP contribution in [0.1, 0.15) is 40.5 Å². The molecule has 1 heterocycles. The summed E-state index contributed by atoms with van der Waals surface area (Å²) < 4.78 is 5.90. The number of carbonyl (C=O) groups is 1. The number of esters is 1.